The summed E-state index contributed by atoms with van der Waals surface area (Å²) < 4.78 is 39.4. The molecule has 0 aliphatic carbocycles. The van der Waals surface area contributed by atoms with E-state index in [1.54, 1.807) is 0 Å². The number of hydrogen-bond acceptors (Lipinski definition) is 4. The second kappa shape index (κ2) is 1.79. The van der Waals surface area contributed by atoms with Gasteiger partial charge < -0.3 is 0 Å². The van der Waals surface area contributed by atoms with Crippen LogP contribution in [0.4, 0.5) is 0 Å². The van der Waals surface area contributed by atoms with Crippen LogP contribution in [0.2, 0.25) is 0 Å². The summed E-state index contributed by atoms with van der Waals surface area (Å²) in [6.45, 7) is 0. The van der Waals surface area contributed by atoms with Gasteiger partial charge in [0.2, 0.25) is 0 Å². The van der Waals surface area contributed by atoms with Gasteiger partial charge in [-0.1, -0.05) is 0 Å². The van der Waals surface area contributed by atoms with E-state index in [1.165, 1.54) is 0 Å². The zero-order chi connectivity index (χ0) is 5.45. The van der Waals surface area contributed by atoms with Gasteiger partial charge in [-0.2, -0.15) is 0 Å². The molecule has 0 heterocycles. The monoisotopic (exact) mass is 190 g/mol. The predicted octanol–water partition coefficient (Wildman–Crippen LogP) is -3.21. The van der Waals surface area contributed by atoms with E-state index in [-0.39, 0.29) is 16.5 Å². The normalized spacial score (nSPS) is 16.1. The summed E-state index contributed by atoms with van der Waals surface area (Å²) in [7, 11) is 0. The topological polar surface area (TPSA) is 106 Å². The average molecular weight is 191 g/mol. The Hall–Kier alpha value is 0.506. The summed E-state index contributed by atoms with van der Waals surface area (Å²) in [6, 6.07) is 0. The Labute approximate surface area is 50.3 Å². The van der Waals surface area contributed by atoms with Crippen molar-refractivity contribution in [3.05, 3.63) is 0 Å². The largest absolute Gasteiger partial charge is 2.00 e. The van der Waals surface area contributed by atoms with Crippen LogP contribution in [0.15, 0.2) is 0 Å². The van der Waals surface area contributed by atoms with Gasteiger partial charge in [0.1, 0.15) is 0 Å². The van der Waals surface area contributed by atoms with E-state index in [4.69, 9.17) is 15.9 Å². The maximum absolute atomic E-state index is 8.96. The Kier molecular flexibility index (Phi) is 2.68. The van der Waals surface area contributed by atoms with Crippen LogP contribution in [0.5, 0.6) is 0 Å². The predicted molar refractivity (Wildman–Crippen MR) is 5.56 cm³/mol. The van der Waals surface area contributed by atoms with Gasteiger partial charge in [0.15, 0.2) is 0 Å². The molecule has 5 nitrogen and oxygen atoms in total. The molecule has 0 amide bonds. The van der Waals surface area contributed by atoms with Crippen LogP contribution in [0.25, 0.3) is 0 Å². The van der Waals surface area contributed by atoms with Gasteiger partial charge in [-0.3, -0.25) is 0 Å². The standard InChI is InChI=1S/Cr.H2N.Ni.4O/h;1H2;;;;;/q+1;-1;+2;;;2*-1. The molecular weight excluding hydrogens is 189 g/mol. The summed E-state index contributed by atoms with van der Waals surface area (Å²) in [5.41, 5.74) is 0. The van der Waals surface area contributed by atoms with Crippen LogP contribution in [0.3, 0.4) is 0 Å². The molecule has 0 aromatic heterocycles. The SMILES string of the molecule is [NH2][Cr](=[O])(=[O])([O-])[O-].[Ni+2]. The van der Waals surface area contributed by atoms with Crippen LogP contribution in [0.1, 0.15) is 0 Å². The molecule has 0 radical (unpaired) electrons. The summed E-state index contributed by atoms with van der Waals surface area (Å²) >= 11 is -6.88. The molecule has 0 saturated carbocycles. The Morgan fingerprint density at radius 1 is 1.29 bits per heavy atom. The molecular formula is H2CrNNiO4. The van der Waals surface area contributed by atoms with Crippen molar-refractivity contribution in [2.45, 2.75) is 0 Å². The van der Waals surface area contributed by atoms with Crippen LogP contribution in [0, 0.1) is 0 Å². The van der Waals surface area contributed by atoms with Crippen LogP contribution >= 0.6 is 0 Å². The number of hydrogen-bond donors (Lipinski definition) is 1. The summed E-state index contributed by atoms with van der Waals surface area (Å²) in [5, 5.41) is 0. The van der Waals surface area contributed by atoms with E-state index < -0.39 is 12.8 Å². The molecule has 0 unspecified atom stereocenters. The van der Waals surface area contributed by atoms with Crippen molar-refractivity contribution < 1.29 is 45.2 Å². The van der Waals surface area contributed by atoms with Crippen molar-refractivity contribution in [2.24, 2.45) is 4.72 Å². The third-order valence-corrected chi connectivity index (χ3v) is 0. The Morgan fingerprint density at radius 3 is 1.29 bits per heavy atom. The fraction of sp³-hybridized carbons (Fsp3) is 0. The van der Waals surface area contributed by atoms with Gasteiger partial charge in [0, 0.05) is 0 Å². The summed E-state index contributed by atoms with van der Waals surface area (Å²) in [5.74, 6) is 0. The first-order chi connectivity index (χ1) is 2.24. The molecule has 0 fully saturated rings. The van der Waals surface area contributed by atoms with E-state index in [2.05, 4.69) is 4.72 Å². The smallest absolute Gasteiger partial charge is 2.00 e. The van der Waals surface area contributed by atoms with Crippen LogP contribution in [-0.2, 0) is 36.9 Å². The summed E-state index contributed by atoms with van der Waals surface area (Å²) in [6.07, 6.45) is 0. The molecule has 7 heavy (non-hydrogen) atoms. The molecule has 0 aromatic carbocycles. The third-order valence-electron chi connectivity index (χ3n) is 0. The van der Waals surface area contributed by atoms with E-state index in [9.17, 15) is 0 Å². The second-order valence-electron chi connectivity index (χ2n) is 0.793. The molecule has 0 atom stereocenters. The van der Waals surface area contributed by atoms with E-state index in [1.807, 2.05) is 0 Å². The minimum absolute atomic E-state index is 0. The van der Waals surface area contributed by atoms with Gasteiger partial charge in [-0.15, -0.1) is 0 Å². The Morgan fingerprint density at radius 2 is 1.29 bits per heavy atom. The molecule has 2 N–H and O–H groups in total. The molecule has 0 aromatic rings. The Balaban J connectivity index is 0. The molecule has 0 spiro atoms. The van der Waals surface area contributed by atoms with Crippen molar-refractivity contribution in [3.8, 4) is 0 Å². The van der Waals surface area contributed by atoms with E-state index in [0.717, 1.165) is 0 Å². The number of rotatable bonds is 0. The van der Waals surface area contributed by atoms with Crippen LogP contribution in [-0.4, -0.2) is 0 Å². The fourth-order valence-corrected chi connectivity index (χ4v) is 0. The third kappa shape index (κ3) is 516. The number of nitrogens with two attached hydrogens (primary N) is 1. The maximum atomic E-state index is 8.96. The van der Waals surface area contributed by atoms with Gasteiger partial charge in [-0.05, 0) is 0 Å². The summed E-state index contributed by atoms with van der Waals surface area (Å²) in [4.78, 5) is 0. The molecule has 0 aliphatic rings. The van der Waals surface area contributed by atoms with E-state index in [0.29, 0.717) is 0 Å². The molecule has 0 rings (SSSR count). The van der Waals surface area contributed by atoms with Crippen molar-refractivity contribution in [2.75, 3.05) is 0 Å². The average Bonchev–Trinajstić information content (AvgIpc) is 0.650. The van der Waals surface area contributed by atoms with Gasteiger partial charge in [-0.25, -0.2) is 0 Å². The van der Waals surface area contributed by atoms with Crippen molar-refractivity contribution >= 4 is 0 Å². The zero-order valence-electron chi connectivity index (χ0n) is 2.93. The maximum Gasteiger partial charge on any atom is 2.00 e. The van der Waals surface area contributed by atoms with Crippen molar-refractivity contribution in [1.82, 2.24) is 0 Å². The first-order valence-electron chi connectivity index (χ1n) is 0.902. The zero-order valence-corrected chi connectivity index (χ0v) is 5.20. The van der Waals surface area contributed by atoms with Gasteiger partial charge in [0.05, 0.1) is 0 Å². The molecule has 47 valence electrons. The minimum atomic E-state index is -6.88. The quantitative estimate of drug-likeness (QED) is 0.405. The second-order valence-corrected chi connectivity index (χ2v) is 3.27. The van der Waals surface area contributed by atoms with E-state index >= 15 is 0 Å². The van der Waals surface area contributed by atoms with Gasteiger partial charge >= 0.3 is 49.9 Å². The fourth-order valence-electron chi connectivity index (χ4n) is 0. The molecule has 0 saturated heterocycles. The first kappa shape index (κ1) is 10.5. The van der Waals surface area contributed by atoms with Crippen molar-refractivity contribution in [1.29, 1.82) is 0 Å². The van der Waals surface area contributed by atoms with Crippen molar-refractivity contribution in [3.63, 3.8) is 0 Å². The first-order valence-corrected chi connectivity index (χ1v) is 3.72. The van der Waals surface area contributed by atoms with Crippen LogP contribution < -0.4 is 13.0 Å². The molecule has 0 aliphatic heterocycles. The molecule has 0 bridgehead atoms. The van der Waals surface area contributed by atoms with Gasteiger partial charge in [0.25, 0.3) is 0 Å². The Bertz CT molecular complexity index is 138. The molecule has 7 heteroatoms. The minimum Gasteiger partial charge on any atom is 2.00 e.